The zero-order valence-electron chi connectivity index (χ0n) is 76.4. The maximum Gasteiger partial charge on any atom is 0.326 e. The number of hydrazine groups is 1. The lowest BCUT2D eigenvalue weighted by atomic mass is 9.96. The lowest BCUT2D eigenvalue weighted by Gasteiger charge is -2.33. The van der Waals surface area contributed by atoms with E-state index in [0.29, 0.717) is 50.6 Å². The standard InChI is InChI=1S/C83H136N24O27S2/c1-4-44(2)67(82(132)107-35-17-25-61(107)80(130)94-47(20-8-12-30-84)68(118)90-39-64(113)91-58(42-135)77(127)101-56(40-108)75(125)96-52(83(133)134)23-11-15-33-87)103-74(124)53(36-46-18-6-5-7-19-46)97-70(120)50(27-29-63(89)112)95-79(129)60-24-16-34-106(60)81(131)55(38-66(116)117)99-71(121)49(26-28-62(88)111)93-73(123)54(37-65(114)115)98-76(126)57(41-109)100-69(119)48(21-9-13-31-85)92-78(128)59(43-136)102-72(122)51(22-10-14-32-86)105-104-45(3)110/h5-7,18-19,44,47-61,67,105,108-109,135-136H,4,8-17,20-43,84-87H2,1-3H3,(H2,88,111)(H2,89,112)(H,90,118)(H,91,113)(H,92,128)(H,93,123)(H,94,130)(H,95,129)(H,96,125)(H,97,120)(H,98,126)(H,99,121)(H,100,119)(H,101,127)(H,102,122)(H,103,124)(H,104,110)(H,114,115)(H,116,117)(H,133,134)/t44-,47-,48-,49-,50-,51-,52-,53-,54-,55-,56-,57-,58-,59-,60-,61-,67-/m0/s1. The molecule has 1 aromatic carbocycles. The van der Waals surface area contributed by atoms with Crippen LogP contribution in [0.15, 0.2) is 30.3 Å². The number of nitrogens with two attached hydrogens (primary N) is 6. The third-order valence-electron chi connectivity index (χ3n) is 22.1. The van der Waals surface area contributed by atoms with Gasteiger partial charge in [0.15, 0.2) is 0 Å². The minimum atomic E-state index is -2.21. The van der Waals surface area contributed by atoms with Crippen LogP contribution in [-0.4, -0.2) is 333 Å². The van der Waals surface area contributed by atoms with Crippen molar-refractivity contribution in [1.82, 2.24) is 95.1 Å². The minimum Gasteiger partial charge on any atom is -0.481 e. The molecule has 2 heterocycles. The number of carbonyl (C=O) groups excluding carboxylic acids is 19. The number of likely N-dealkylation sites (tertiary alicyclic amines) is 2. The number of rotatable bonds is 67. The smallest absolute Gasteiger partial charge is 0.326 e. The molecule has 0 aliphatic carbocycles. The first-order valence-electron chi connectivity index (χ1n) is 44.9. The number of hydrogen-bond donors (Lipinski definition) is 29. The Balaban J connectivity index is 1.90. The number of nitrogens with one attached hydrogen (secondary N) is 16. The van der Waals surface area contributed by atoms with Gasteiger partial charge in [0, 0.05) is 50.8 Å². The molecule has 17 atom stereocenters. The molecule has 762 valence electrons. The second-order valence-corrected chi connectivity index (χ2v) is 33.5. The normalized spacial score (nSPS) is 16.6. The molecule has 0 bridgehead atoms. The molecule has 0 radical (unpaired) electrons. The Morgan fingerprint density at radius 2 is 0.765 bits per heavy atom. The number of benzene rings is 1. The Morgan fingerprint density at radius 1 is 0.412 bits per heavy atom. The van der Waals surface area contributed by atoms with Gasteiger partial charge in [0.05, 0.1) is 32.6 Å². The molecule has 2 aliphatic heterocycles. The van der Waals surface area contributed by atoms with Crippen LogP contribution in [0.3, 0.4) is 0 Å². The Kier molecular flexibility index (Phi) is 55.0. The predicted octanol–water partition coefficient (Wildman–Crippen LogP) is -10.4. The summed E-state index contributed by atoms with van der Waals surface area (Å²) in [5, 5.41) is 83.5. The lowest BCUT2D eigenvalue weighted by molar-refractivity contribution is -0.146. The number of nitrogens with zero attached hydrogens (tertiary/aromatic N) is 2. The summed E-state index contributed by atoms with van der Waals surface area (Å²) < 4.78 is 0. The number of hydrogen-bond acceptors (Lipinski definition) is 31. The van der Waals surface area contributed by atoms with E-state index in [1.807, 2.05) is 0 Å². The van der Waals surface area contributed by atoms with Gasteiger partial charge in [0.25, 0.3) is 0 Å². The molecular weight excluding hydrogens is 1830 g/mol. The molecule has 51 nitrogen and oxygen atoms in total. The fourth-order valence-corrected chi connectivity index (χ4v) is 14.9. The van der Waals surface area contributed by atoms with Crippen LogP contribution in [0.1, 0.15) is 174 Å². The number of carboxylic acids is 3. The molecule has 33 N–H and O–H groups in total. The average molecular weight is 1970 g/mol. The third-order valence-corrected chi connectivity index (χ3v) is 22.8. The maximum atomic E-state index is 15.0. The first-order valence-corrected chi connectivity index (χ1v) is 46.2. The summed E-state index contributed by atoms with van der Waals surface area (Å²) in [5.74, 6) is -25.9. The molecule has 0 unspecified atom stereocenters. The van der Waals surface area contributed by atoms with Crippen molar-refractivity contribution in [2.45, 2.75) is 272 Å². The van der Waals surface area contributed by atoms with Crippen LogP contribution in [0, 0.1) is 5.92 Å². The van der Waals surface area contributed by atoms with Gasteiger partial charge in [-0.15, -0.1) is 0 Å². The van der Waals surface area contributed by atoms with Crippen molar-refractivity contribution in [2.24, 2.45) is 40.3 Å². The number of amides is 19. The van der Waals surface area contributed by atoms with E-state index in [2.05, 4.69) is 111 Å². The molecular formula is C83H136N24O27S2. The molecule has 2 aliphatic rings. The number of unbranched alkanes of at least 4 members (excludes halogenated alkanes) is 4. The molecule has 0 aromatic heterocycles. The molecule has 2 fully saturated rings. The van der Waals surface area contributed by atoms with Gasteiger partial charge in [0.2, 0.25) is 112 Å². The van der Waals surface area contributed by atoms with Crippen molar-refractivity contribution in [3.8, 4) is 0 Å². The van der Waals surface area contributed by atoms with E-state index in [1.165, 1.54) is 11.8 Å². The zero-order chi connectivity index (χ0) is 102. The third kappa shape index (κ3) is 42.1. The number of thiol groups is 2. The molecule has 1 aromatic rings. The van der Waals surface area contributed by atoms with Crippen LogP contribution < -0.4 is 120 Å². The summed E-state index contributed by atoms with van der Waals surface area (Å²) in [5.41, 5.74) is 38.9. The largest absolute Gasteiger partial charge is 0.481 e. The van der Waals surface area contributed by atoms with Gasteiger partial charge in [-0.05, 0) is 147 Å². The SMILES string of the molecule is CC[C@H](C)[C@H](NC(=O)[C@H](Cc1ccccc1)NC(=O)[C@H](CCC(N)=O)NC(=O)[C@@H]1CCCN1C(=O)[C@H](CC(=O)O)NC(=O)[C@H](CCC(N)=O)NC(=O)[C@H](CC(=O)O)NC(=O)[C@H](CO)NC(=O)[C@H](CCCCN)NC(=O)[C@H](CS)NC(=O)[C@H](CCCCN)NNC(C)=O)C(=O)N1CCC[C@H]1C(=O)N[C@@H](CCCCN)C(=O)NCC(=O)N[C@@H](CS)C(=O)N[C@@H](CO)C(=O)N[C@@H](CCCCN)C(=O)O. The Bertz CT molecular complexity index is 4230. The highest BCUT2D eigenvalue weighted by Crippen LogP contribution is 2.25. The summed E-state index contributed by atoms with van der Waals surface area (Å²) in [6, 6.07) is -17.8. The monoisotopic (exact) mass is 1960 g/mol. The van der Waals surface area contributed by atoms with Gasteiger partial charge in [-0.25, -0.2) is 10.2 Å². The topological polar surface area (TPSA) is 832 Å². The van der Waals surface area contributed by atoms with Crippen molar-refractivity contribution < 1.29 is 131 Å². The van der Waals surface area contributed by atoms with Crippen LogP contribution in [0.5, 0.6) is 0 Å². The van der Waals surface area contributed by atoms with Crippen LogP contribution in [0.2, 0.25) is 0 Å². The van der Waals surface area contributed by atoms with E-state index in [1.54, 1.807) is 44.2 Å². The zero-order valence-corrected chi connectivity index (χ0v) is 78.2. The highest BCUT2D eigenvalue weighted by molar-refractivity contribution is 7.80. The summed E-state index contributed by atoms with van der Waals surface area (Å²) in [6.07, 6.45) is -2.19. The van der Waals surface area contributed by atoms with Crippen molar-refractivity contribution in [3.63, 3.8) is 0 Å². The van der Waals surface area contributed by atoms with Crippen LogP contribution in [0.25, 0.3) is 0 Å². The van der Waals surface area contributed by atoms with E-state index in [4.69, 9.17) is 34.4 Å². The van der Waals surface area contributed by atoms with Crippen LogP contribution >= 0.6 is 25.3 Å². The Hall–Kier alpha value is -12.0. The van der Waals surface area contributed by atoms with E-state index < -0.39 is 291 Å². The van der Waals surface area contributed by atoms with E-state index in [9.17, 15) is 126 Å². The van der Waals surface area contributed by atoms with Gasteiger partial charge in [-0.1, -0.05) is 57.0 Å². The molecule has 0 saturated carbocycles. The van der Waals surface area contributed by atoms with E-state index >= 15 is 4.79 Å². The van der Waals surface area contributed by atoms with Gasteiger partial charge in [-0.3, -0.25) is 106 Å². The van der Waals surface area contributed by atoms with Crippen LogP contribution in [0.4, 0.5) is 0 Å². The van der Waals surface area contributed by atoms with E-state index in [0.717, 1.165) is 4.90 Å². The van der Waals surface area contributed by atoms with Gasteiger partial charge >= 0.3 is 17.9 Å². The van der Waals surface area contributed by atoms with Crippen molar-refractivity contribution in [3.05, 3.63) is 35.9 Å². The molecule has 0 spiro atoms. The molecule has 3 rings (SSSR count). The summed E-state index contributed by atoms with van der Waals surface area (Å²) in [6.45, 7) is 2.06. The van der Waals surface area contributed by atoms with Gasteiger partial charge in [0.1, 0.15) is 96.7 Å². The average Bonchev–Trinajstić information content (AvgIpc) is 1.62. The number of aliphatic hydroxyl groups is 2. The van der Waals surface area contributed by atoms with Crippen molar-refractivity contribution in [2.75, 3.05) is 70.5 Å². The highest BCUT2D eigenvalue weighted by Gasteiger charge is 2.45. The second-order valence-electron chi connectivity index (χ2n) is 32.7. The minimum absolute atomic E-state index is 0.00220. The second kappa shape index (κ2) is 63.3. The summed E-state index contributed by atoms with van der Waals surface area (Å²) >= 11 is 8.32. The predicted molar refractivity (Wildman–Crippen MR) is 490 cm³/mol. The molecule has 19 amide bonds. The van der Waals surface area contributed by atoms with Gasteiger partial charge in [-0.2, -0.15) is 25.3 Å². The number of carbonyl (C=O) groups is 22. The number of aliphatic hydroxyl groups excluding tert-OH is 2. The van der Waals surface area contributed by atoms with E-state index in [-0.39, 0.29) is 121 Å². The number of carboxylic acid groups (broad SMARTS) is 3. The number of primary amides is 2. The van der Waals surface area contributed by atoms with Crippen LogP contribution in [-0.2, 0) is 112 Å². The number of aliphatic carboxylic acids is 3. The fourth-order valence-electron chi connectivity index (χ4n) is 14.4. The summed E-state index contributed by atoms with van der Waals surface area (Å²) in [7, 11) is 0. The first kappa shape index (κ1) is 118. The maximum absolute atomic E-state index is 15.0. The summed E-state index contributed by atoms with van der Waals surface area (Å²) in [4.78, 5) is 301. The molecule has 53 heteroatoms. The van der Waals surface area contributed by atoms with Gasteiger partial charge < -0.3 is 144 Å². The Morgan fingerprint density at radius 3 is 1.20 bits per heavy atom. The lowest BCUT2D eigenvalue weighted by Crippen LogP contribution is -2.61. The molecule has 2 saturated heterocycles. The molecule has 136 heavy (non-hydrogen) atoms. The van der Waals surface area contributed by atoms with Crippen molar-refractivity contribution >= 4 is 155 Å². The quantitative estimate of drug-likeness (QED) is 0.0164. The fraction of sp³-hybridized carbons (Fsp3) is 0.663. The Labute approximate surface area is 796 Å². The highest BCUT2D eigenvalue weighted by atomic mass is 32.1. The first-order chi connectivity index (χ1) is 64.6. The van der Waals surface area contributed by atoms with Crippen molar-refractivity contribution in [1.29, 1.82) is 0 Å².